The number of carbonyl (C=O) groups is 1. The third-order valence-electron chi connectivity index (χ3n) is 9.71. The molecule has 0 N–H and O–H groups in total. The molecule has 1 unspecified atom stereocenters. The zero-order valence-electron chi connectivity index (χ0n) is 21.0. The molecule has 6 rings (SSSR count). The van der Waals surface area contributed by atoms with Crippen molar-refractivity contribution in [3.63, 3.8) is 0 Å². The van der Waals surface area contributed by atoms with Crippen molar-refractivity contribution < 1.29 is 9.18 Å². The lowest BCUT2D eigenvalue weighted by atomic mass is 9.76. The Labute approximate surface area is 204 Å². The summed E-state index contributed by atoms with van der Waals surface area (Å²) in [6, 6.07) is 7.77. The van der Waals surface area contributed by atoms with Crippen LogP contribution in [-0.4, -0.2) is 72.6 Å². The van der Waals surface area contributed by atoms with Crippen LogP contribution in [0.1, 0.15) is 71.6 Å². The number of benzene rings is 1. The lowest BCUT2D eigenvalue weighted by Gasteiger charge is -2.39. The third-order valence-corrected chi connectivity index (χ3v) is 9.71. The van der Waals surface area contributed by atoms with Gasteiger partial charge in [-0.1, -0.05) is 0 Å². The van der Waals surface area contributed by atoms with E-state index in [1.54, 1.807) is 11.0 Å². The Bertz CT molecular complexity index is 917. The van der Waals surface area contributed by atoms with Crippen molar-refractivity contribution in [2.75, 3.05) is 42.5 Å². The summed E-state index contributed by atoms with van der Waals surface area (Å²) in [5, 5.41) is 0. The van der Waals surface area contributed by atoms with E-state index in [4.69, 9.17) is 0 Å². The van der Waals surface area contributed by atoms with Crippen molar-refractivity contribution in [1.29, 1.82) is 0 Å². The summed E-state index contributed by atoms with van der Waals surface area (Å²) in [5.74, 6) is -0.0944. The van der Waals surface area contributed by atoms with Crippen LogP contribution < -0.4 is 9.80 Å². The zero-order valence-corrected chi connectivity index (χ0v) is 21.0. The van der Waals surface area contributed by atoms with E-state index in [-0.39, 0.29) is 23.2 Å². The Morgan fingerprint density at radius 1 is 0.882 bits per heavy atom. The summed E-state index contributed by atoms with van der Waals surface area (Å²) < 4.78 is 15.5. The van der Waals surface area contributed by atoms with Gasteiger partial charge in [0.05, 0.1) is 11.1 Å². The molecule has 5 aliphatic rings. The first-order valence-electron chi connectivity index (χ1n) is 13.8. The molecule has 4 aliphatic heterocycles. The van der Waals surface area contributed by atoms with Gasteiger partial charge in [0.25, 0.3) is 0 Å². The number of hydrogen-bond acceptors (Lipinski definition) is 4. The summed E-state index contributed by atoms with van der Waals surface area (Å²) in [4.78, 5) is 23.0. The van der Waals surface area contributed by atoms with E-state index in [2.05, 4.69) is 28.5 Å². The molecule has 6 heteroatoms. The molecule has 0 bridgehead atoms. The maximum absolute atomic E-state index is 15.5. The van der Waals surface area contributed by atoms with Crippen LogP contribution in [0.2, 0.25) is 0 Å². The van der Waals surface area contributed by atoms with Gasteiger partial charge in [0.2, 0.25) is 5.91 Å². The number of anilines is 2. The van der Waals surface area contributed by atoms with E-state index in [1.807, 2.05) is 12.1 Å². The summed E-state index contributed by atoms with van der Waals surface area (Å²) in [5.41, 5.74) is 1.15. The minimum absolute atomic E-state index is 0.0542. The number of hydrogen-bond donors (Lipinski definition) is 0. The second-order valence-electron chi connectivity index (χ2n) is 11.9. The standard InChI is InChI=1S/C28H41FN4O/c1-20-4-3-13-32(20)23-9-14-30(15-10-23)24-7-8-26(25(29)18-24)33-21(2)19-28(27(33)34)11-16-31(17-12-28)22-5-6-22/h7-8,18,20-23H,3-6,9-17,19H2,1-2H3/t20-,21?/m0/s1. The van der Waals surface area contributed by atoms with Crippen LogP contribution in [0.25, 0.3) is 0 Å². The normalized spacial score (nSPS) is 31.2. The Hall–Kier alpha value is -1.66. The zero-order chi connectivity index (χ0) is 23.4. The fourth-order valence-electron chi connectivity index (χ4n) is 7.56. The third kappa shape index (κ3) is 3.95. The lowest BCUT2D eigenvalue weighted by molar-refractivity contribution is -0.128. The van der Waals surface area contributed by atoms with Gasteiger partial charge in [0, 0.05) is 42.9 Å². The van der Waals surface area contributed by atoms with E-state index >= 15 is 4.39 Å². The molecule has 5 nitrogen and oxygen atoms in total. The average molecular weight is 469 g/mol. The number of carbonyl (C=O) groups excluding carboxylic acids is 1. The molecule has 2 atom stereocenters. The van der Waals surface area contributed by atoms with Crippen LogP contribution in [0.4, 0.5) is 15.8 Å². The molecule has 1 amide bonds. The minimum atomic E-state index is -0.287. The first-order valence-corrected chi connectivity index (χ1v) is 13.8. The van der Waals surface area contributed by atoms with Gasteiger partial charge >= 0.3 is 0 Å². The van der Waals surface area contributed by atoms with Crippen LogP contribution in [0.15, 0.2) is 18.2 Å². The molecule has 1 aliphatic carbocycles. The molecule has 186 valence electrons. The molecular weight excluding hydrogens is 427 g/mol. The summed E-state index contributed by atoms with van der Waals surface area (Å²) >= 11 is 0. The molecule has 1 aromatic rings. The molecule has 34 heavy (non-hydrogen) atoms. The Morgan fingerprint density at radius 3 is 2.24 bits per heavy atom. The molecular formula is C28H41FN4O. The van der Waals surface area contributed by atoms with Crippen molar-refractivity contribution in [1.82, 2.24) is 9.80 Å². The fourth-order valence-corrected chi connectivity index (χ4v) is 7.56. The molecule has 4 saturated heterocycles. The molecule has 0 aromatic heterocycles. The van der Waals surface area contributed by atoms with Gasteiger partial charge in [-0.3, -0.25) is 9.69 Å². The second-order valence-corrected chi connectivity index (χ2v) is 11.9. The van der Waals surface area contributed by atoms with Crippen molar-refractivity contribution >= 4 is 17.3 Å². The van der Waals surface area contributed by atoms with E-state index < -0.39 is 0 Å². The molecule has 1 saturated carbocycles. The fraction of sp³-hybridized carbons (Fsp3) is 0.750. The molecule has 4 heterocycles. The quantitative estimate of drug-likeness (QED) is 0.644. The van der Waals surface area contributed by atoms with Crippen molar-refractivity contribution in [2.24, 2.45) is 5.41 Å². The monoisotopic (exact) mass is 468 g/mol. The first kappa shape index (κ1) is 22.8. The van der Waals surface area contributed by atoms with Gasteiger partial charge in [0.1, 0.15) is 5.82 Å². The summed E-state index contributed by atoms with van der Waals surface area (Å²) in [7, 11) is 0. The highest BCUT2D eigenvalue weighted by Crippen LogP contribution is 2.48. The summed E-state index contributed by atoms with van der Waals surface area (Å²) in [6.07, 6.45) is 10.3. The largest absolute Gasteiger partial charge is 0.371 e. The van der Waals surface area contributed by atoms with Crippen LogP contribution in [0.5, 0.6) is 0 Å². The van der Waals surface area contributed by atoms with Gasteiger partial charge in [-0.2, -0.15) is 0 Å². The predicted molar refractivity (Wildman–Crippen MR) is 135 cm³/mol. The molecule has 1 spiro atoms. The van der Waals surface area contributed by atoms with Gasteiger partial charge in [-0.15, -0.1) is 0 Å². The Kier molecular flexibility index (Phi) is 5.88. The van der Waals surface area contributed by atoms with Crippen molar-refractivity contribution in [3.8, 4) is 0 Å². The highest BCUT2D eigenvalue weighted by molar-refractivity contribution is 6.01. The van der Waals surface area contributed by atoms with Crippen molar-refractivity contribution in [2.45, 2.75) is 95.8 Å². The number of likely N-dealkylation sites (tertiary alicyclic amines) is 2. The number of piperidine rings is 2. The molecule has 5 fully saturated rings. The number of rotatable bonds is 4. The second kappa shape index (κ2) is 8.77. The number of halogens is 1. The number of nitrogens with zero attached hydrogens (tertiary/aromatic N) is 4. The molecule has 1 aromatic carbocycles. The van der Waals surface area contributed by atoms with Gasteiger partial charge in [0.15, 0.2) is 0 Å². The Balaban J connectivity index is 1.12. The highest BCUT2D eigenvalue weighted by Gasteiger charge is 2.53. The first-order chi connectivity index (χ1) is 16.4. The van der Waals surface area contributed by atoms with E-state index in [9.17, 15) is 4.79 Å². The van der Waals surface area contributed by atoms with E-state index in [0.29, 0.717) is 17.8 Å². The van der Waals surface area contributed by atoms with Gasteiger partial charge < -0.3 is 14.7 Å². The number of amides is 1. The van der Waals surface area contributed by atoms with Crippen molar-refractivity contribution in [3.05, 3.63) is 24.0 Å². The van der Waals surface area contributed by atoms with Crippen LogP contribution >= 0.6 is 0 Å². The average Bonchev–Trinajstić information content (AvgIpc) is 3.56. The topological polar surface area (TPSA) is 30.0 Å². The van der Waals surface area contributed by atoms with Gasteiger partial charge in [-0.05, 0) is 109 Å². The van der Waals surface area contributed by atoms with E-state index in [1.165, 1.54) is 32.2 Å². The van der Waals surface area contributed by atoms with E-state index in [0.717, 1.165) is 70.0 Å². The minimum Gasteiger partial charge on any atom is -0.371 e. The predicted octanol–water partition coefficient (Wildman–Crippen LogP) is 4.65. The smallest absolute Gasteiger partial charge is 0.233 e. The SMILES string of the molecule is CC1CC2(CCN(C3CC3)CC2)C(=O)N1c1ccc(N2CCC(N3CCC[C@@H]3C)CC2)cc1F. The van der Waals surface area contributed by atoms with Gasteiger partial charge in [-0.25, -0.2) is 4.39 Å². The maximum Gasteiger partial charge on any atom is 0.233 e. The van der Waals surface area contributed by atoms with Crippen LogP contribution in [0.3, 0.4) is 0 Å². The Morgan fingerprint density at radius 2 is 1.62 bits per heavy atom. The summed E-state index contributed by atoms with van der Waals surface area (Å²) in [6.45, 7) is 9.68. The highest BCUT2D eigenvalue weighted by atomic mass is 19.1. The maximum atomic E-state index is 15.5. The lowest BCUT2D eigenvalue weighted by Crippen LogP contribution is -2.46. The van der Waals surface area contributed by atoms with Crippen LogP contribution in [-0.2, 0) is 4.79 Å². The molecule has 0 radical (unpaired) electrons. The van der Waals surface area contributed by atoms with Crippen LogP contribution in [0, 0.1) is 11.2 Å².